The number of rotatable bonds is 3. The monoisotopic (exact) mass is 463 g/mol. The van der Waals surface area contributed by atoms with E-state index in [0.29, 0.717) is 5.56 Å². The van der Waals surface area contributed by atoms with Gasteiger partial charge in [0.15, 0.2) is 0 Å². The van der Waals surface area contributed by atoms with Crippen molar-refractivity contribution in [3.63, 3.8) is 0 Å². The molecule has 0 aliphatic heterocycles. The number of fused-ring (bicyclic) bond motifs is 4. The molecule has 0 bridgehead atoms. The summed E-state index contributed by atoms with van der Waals surface area (Å²) in [6.45, 7) is 0. The summed E-state index contributed by atoms with van der Waals surface area (Å²) in [6, 6.07) is 38.6. The Labute approximate surface area is 207 Å². The first-order valence-electron chi connectivity index (χ1n) is 11.9. The van der Waals surface area contributed by atoms with Gasteiger partial charge < -0.3 is 5.11 Å². The molecule has 0 aliphatic rings. The summed E-state index contributed by atoms with van der Waals surface area (Å²) in [5.41, 5.74) is 5.56. The van der Waals surface area contributed by atoms with E-state index < -0.39 is 0 Å². The van der Waals surface area contributed by atoms with Gasteiger partial charge in [-0.15, -0.1) is 0 Å². The predicted molar refractivity (Wildman–Crippen MR) is 146 cm³/mol. The normalized spacial score (nSPS) is 11.4. The maximum absolute atomic E-state index is 10.6. The zero-order valence-electron chi connectivity index (χ0n) is 19.3. The lowest BCUT2D eigenvalue weighted by Gasteiger charge is -2.14. The molecule has 170 valence electrons. The standard InChI is InChI=1S/C32H21N3O/c36-31-15-6-4-12-26(31)28-19-21-9-1-2-10-23(21)32(34-28)35-29-14-5-3-11-24(29)25-17-16-22(20-30(25)35)27-13-7-8-18-33-27/h1-20,36H. The fourth-order valence-corrected chi connectivity index (χ4v) is 5.07. The second kappa shape index (κ2) is 8.07. The molecule has 4 heteroatoms. The number of hydrogen-bond donors (Lipinski definition) is 1. The van der Waals surface area contributed by atoms with E-state index in [1.807, 2.05) is 60.8 Å². The molecule has 1 N–H and O–H groups in total. The molecule has 7 rings (SSSR count). The van der Waals surface area contributed by atoms with Crippen LogP contribution in [-0.2, 0) is 0 Å². The van der Waals surface area contributed by atoms with Crippen LogP contribution in [0, 0.1) is 0 Å². The molecule has 4 aromatic carbocycles. The molecule has 0 unspecified atom stereocenters. The van der Waals surface area contributed by atoms with Crippen molar-refractivity contribution in [2.75, 3.05) is 0 Å². The first-order chi connectivity index (χ1) is 17.8. The minimum Gasteiger partial charge on any atom is -0.507 e. The van der Waals surface area contributed by atoms with E-state index in [1.54, 1.807) is 6.07 Å². The van der Waals surface area contributed by atoms with Crippen molar-refractivity contribution < 1.29 is 5.11 Å². The fourth-order valence-electron chi connectivity index (χ4n) is 5.07. The van der Waals surface area contributed by atoms with E-state index in [4.69, 9.17) is 4.98 Å². The van der Waals surface area contributed by atoms with Crippen molar-refractivity contribution in [1.82, 2.24) is 14.5 Å². The first-order valence-corrected chi connectivity index (χ1v) is 11.9. The maximum atomic E-state index is 10.6. The van der Waals surface area contributed by atoms with Crippen LogP contribution in [0.15, 0.2) is 121 Å². The largest absolute Gasteiger partial charge is 0.507 e. The minimum atomic E-state index is 0.214. The number of phenolic OH excluding ortho intramolecular Hbond substituents is 1. The highest BCUT2D eigenvalue weighted by Gasteiger charge is 2.18. The van der Waals surface area contributed by atoms with Crippen LogP contribution in [0.1, 0.15) is 0 Å². The third-order valence-electron chi connectivity index (χ3n) is 6.75. The molecule has 0 saturated heterocycles. The number of para-hydroxylation sites is 2. The Bertz CT molecular complexity index is 1900. The molecule has 7 aromatic rings. The van der Waals surface area contributed by atoms with Crippen molar-refractivity contribution in [3.05, 3.63) is 121 Å². The molecule has 3 aromatic heterocycles. The van der Waals surface area contributed by atoms with E-state index in [0.717, 1.165) is 50.0 Å². The lowest BCUT2D eigenvalue weighted by molar-refractivity contribution is 0.477. The molecule has 0 radical (unpaired) electrons. The van der Waals surface area contributed by atoms with Crippen LogP contribution in [0.4, 0.5) is 0 Å². The Kier molecular flexibility index (Phi) is 4.57. The quantitative estimate of drug-likeness (QED) is 0.291. The molecule has 4 nitrogen and oxygen atoms in total. The lowest BCUT2D eigenvalue weighted by atomic mass is 10.1. The number of phenols is 1. The van der Waals surface area contributed by atoms with Crippen molar-refractivity contribution in [2.24, 2.45) is 0 Å². The number of pyridine rings is 2. The highest BCUT2D eigenvalue weighted by atomic mass is 16.3. The summed E-state index contributed by atoms with van der Waals surface area (Å²) >= 11 is 0. The van der Waals surface area contributed by atoms with Gasteiger partial charge in [0.05, 0.1) is 22.4 Å². The Morgan fingerprint density at radius 2 is 1.33 bits per heavy atom. The fraction of sp³-hybridized carbons (Fsp3) is 0. The van der Waals surface area contributed by atoms with Crippen LogP contribution < -0.4 is 0 Å². The van der Waals surface area contributed by atoms with Gasteiger partial charge in [-0.25, -0.2) is 4.98 Å². The maximum Gasteiger partial charge on any atom is 0.146 e. The first kappa shape index (κ1) is 20.4. The summed E-state index contributed by atoms with van der Waals surface area (Å²) in [6.07, 6.45) is 1.82. The van der Waals surface area contributed by atoms with E-state index in [9.17, 15) is 5.11 Å². The highest BCUT2D eigenvalue weighted by Crippen LogP contribution is 2.38. The molecule has 0 atom stereocenters. The molecule has 0 spiro atoms. The van der Waals surface area contributed by atoms with Gasteiger partial charge in [0.2, 0.25) is 0 Å². The molecule has 0 fully saturated rings. The van der Waals surface area contributed by atoms with Crippen LogP contribution in [0.2, 0.25) is 0 Å². The molecular formula is C32H21N3O. The number of aromatic hydroxyl groups is 1. The molecule has 3 heterocycles. The van der Waals surface area contributed by atoms with E-state index in [2.05, 4.69) is 64.1 Å². The van der Waals surface area contributed by atoms with Gasteiger partial charge in [-0.1, -0.05) is 72.8 Å². The van der Waals surface area contributed by atoms with Crippen molar-refractivity contribution in [2.45, 2.75) is 0 Å². The van der Waals surface area contributed by atoms with Crippen LogP contribution in [0.3, 0.4) is 0 Å². The van der Waals surface area contributed by atoms with E-state index in [-0.39, 0.29) is 5.75 Å². The average molecular weight is 464 g/mol. The van der Waals surface area contributed by atoms with Crippen molar-refractivity contribution in [1.29, 1.82) is 0 Å². The van der Waals surface area contributed by atoms with Gasteiger partial charge in [-0.2, -0.15) is 0 Å². The topological polar surface area (TPSA) is 50.9 Å². The zero-order valence-corrected chi connectivity index (χ0v) is 19.3. The van der Waals surface area contributed by atoms with Crippen LogP contribution in [0.5, 0.6) is 5.75 Å². The third-order valence-corrected chi connectivity index (χ3v) is 6.75. The Morgan fingerprint density at radius 1 is 0.583 bits per heavy atom. The number of hydrogen-bond acceptors (Lipinski definition) is 3. The smallest absolute Gasteiger partial charge is 0.146 e. The summed E-state index contributed by atoms with van der Waals surface area (Å²) < 4.78 is 2.24. The number of aromatic nitrogens is 3. The predicted octanol–water partition coefficient (Wildman–Crippen LogP) is 7.77. The van der Waals surface area contributed by atoms with Crippen LogP contribution in [0.25, 0.3) is 60.9 Å². The van der Waals surface area contributed by atoms with Gasteiger partial charge in [0.25, 0.3) is 0 Å². The van der Waals surface area contributed by atoms with Crippen LogP contribution >= 0.6 is 0 Å². The second-order valence-electron chi connectivity index (χ2n) is 8.87. The van der Waals surface area contributed by atoms with Crippen molar-refractivity contribution in [3.8, 4) is 34.1 Å². The SMILES string of the molecule is Oc1ccccc1-c1cc2ccccc2c(-n2c3ccccc3c3ccc(-c4ccccn4)cc32)n1. The highest BCUT2D eigenvalue weighted by molar-refractivity contribution is 6.11. The Hall–Kier alpha value is -4.96. The molecular weight excluding hydrogens is 442 g/mol. The van der Waals surface area contributed by atoms with E-state index >= 15 is 0 Å². The average Bonchev–Trinajstić information content (AvgIpc) is 3.27. The van der Waals surface area contributed by atoms with Gasteiger partial charge in [-0.05, 0) is 47.9 Å². The summed E-state index contributed by atoms with van der Waals surface area (Å²) in [5.74, 6) is 1.04. The van der Waals surface area contributed by atoms with E-state index in [1.165, 1.54) is 5.39 Å². The van der Waals surface area contributed by atoms with Gasteiger partial charge in [0, 0.05) is 33.5 Å². The molecule has 0 aliphatic carbocycles. The zero-order chi connectivity index (χ0) is 24.1. The van der Waals surface area contributed by atoms with Crippen molar-refractivity contribution >= 4 is 32.6 Å². The molecule has 0 saturated carbocycles. The summed E-state index contributed by atoms with van der Waals surface area (Å²) in [4.78, 5) is 9.74. The second-order valence-corrected chi connectivity index (χ2v) is 8.87. The van der Waals surface area contributed by atoms with Crippen LogP contribution in [-0.4, -0.2) is 19.6 Å². The summed E-state index contributed by atoms with van der Waals surface area (Å²) in [5, 5.41) is 15.0. The Morgan fingerprint density at radius 3 is 2.19 bits per heavy atom. The van der Waals surface area contributed by atoms with Gasteiger partial charge in [-0.3, -0.25) is 9.55 Å². The van der Waals surface area contributed by atoms with Gasteiger partial charge in [0.1, 0.15) is 11.6 Å². The summed E-state index contributed by atoms with van der Waals surface area (Å²) in [7, 11) is 0. The third kappa shape index (κ3) is 3.16. The Balaban J connectivity index is 1.61. The number of benzene rings is 4. The lowest BCUT2D eigenvalue weighted by Crippen LogP contribution is -2.01. The van der Waals surface area contributed by atoms with Gasteiger partial charge >= 0.3 is 0 Å². The minimum absolute atomic E-state index is 0.214. The molecule has 36 heavy (non-hydrogen) atoms. The molecule has 0 amide bonds. The number of nitrogens with zero attached hydrogens (tertiary/aromatic N) is 3.